The Hall–Kier alpha value is -0.710. The Morgan fingerprint density at radius 2 is 1.79 bits per heavy atom. The number of aryl methyl sites for hydroxylation is 1. The second kappa shape index (κ2) is 7.17. The SMILES string of the molecule is CCOP(=O)(OCC)[C@H](O)[C@@H](O)c1cccc(C)c1. The topological polar surface area (TPSA) is 76.0 Å². The zero-order valence-corrected chi connectivity index (χ0v) is 12.3. The largest absolute Gasteiger partial charge is 0.385 e. The average molecular weight is 288 g/mol. The van der Waals surface area contributed by atoms with Crippen LogP contribution >= 0.6 is 7.60 Å². The lowest BCUT2D eigenvalue weighted by Gasteiger charge is -2.26. The van der Waals surface area contributed by atoms with Gasteiger partial charge in [-0.1, -0.05) is 29.8 Å². The van der Waals surface area contributed by atoms with Gasteiger partial charge in [0.1, 0.15) is 6.10 Å². The molecule has 1 aromatic rings. The van der Waals surface area contributed by atoms with Crippen LogP contribution in [0.15, 0.2) is 24.3 Å². The van der Waals surface area contributed by atoms with Gasteiger partial charge < -0.3 is 19.3 Å². The lowest BCUT2D eigenvalue weighted by atomic mass is 10.1. The molecule has 0 spiro atoms. The van der Waals surface area contributed by atoms with Gasteiger partial charge in [-0.3, -0.25) is 4.57 Å². The Bertz CT molecular complexity index is 438. The van der Waals surface area contributed by atoms with E-state index in [1.54, 1.807) is 32.0 Å². The van der Waals surface area contributed by atoms with Crippen LogP contribution in [0.5, 0.6) is 0 Å². The van der Waals surface area contributed by atoms with E-state index in [4.69, 9.17) is 9.05 Å². The highest BCUT2D eigenvalue weighted by atomic mass is 31.2. The number of hydrogen-bond acceptors (Lipinski definition) is 5. The summed E-state index contributed by atoms with van der Waals surface area (Å²) in [5, 5.41) is 20.2. The van der Waals surface area contributed by atoms with E-state index in [1.807, 2.05) is 13.0 Å². The summed E-state index contributed by atoms with van der Waals surface area (Å²) in [7, 11) is -3.74. The second-order valence-corrected chi connectivity index (χ2v) is 6.27. The van der Waals surface area contributed by atoms with Gasteiger partial charge in [-0.25, -0.2) is 0 Å². The van der Waals surface area contributed by atoms with Gasteiger partial charge in [-0.2, -0.15) is 0 Å². The molecule has 2 N–H and O–H groups in total. The molecule has 2 atom stereocenters. The van der Waals surface area contributed by atoms with Crippen LogP contribution in [-0.2, 0) is 13.6 Å². The smallest absolute Gasteiger partial charge is 0.361 e. The fourth-order valence-corrected chi connectivity index (χ4v) is 3.37. The van der Waals surface area contributed by atoms with Crippen LogP contribution in [0.4, 0.5) is 0 Å². The zero-order valence-electron chi connectivity index (χ0n) is 11.4. The third-order valence-electron chi connectivity index (χ3n) is 2.61. The average Bonchev–Trinajstić information content (AvgIpc) is 2.37. The molecular formula is C13H21O5P. The molecule has 0 heterocycles. The predicted molar refractivity (Wildman–Crippen MR) is 73.0 cm³/mol. The van der Waals surface area contributed by atoms with Crippen molar-refractivity contribution in [2.45, 2.75) is 32.7 Å². The van der Waals surface area contributed by atoms with E-state index in [1.165, 1.54) is 0 Å². The molecule has 0 aliphatic heterocycles. The maximum atomic E-state index is 12.4. The summed E-state index contributed by atoms with van der Waals surface area (Å²) in [4.78, 5) is 0. The molecule has 108 valence electrons. The molecule has 6 heteroatoms. The summed E-state index contributed by atoms with van der Waals surface area (Å²) in [5.41, 5.74) is 1.42. The Balaban J connectivity index is 2.96. The molecule has 0 aliphatic carbocycles. The number of rotatable bonds is 7. The van der Waals surface area contributed by atoms with E-state index in [9.17, 15) is 14.8 Å². The molecule has 0 unspecified atom stereocenters. The first-order valence-electron chi connectivity index (χ1n) is 6.26. The molecule has 5 nitrogen and oxygen atoms in total. The van der Waals surface area contributed by atoms with Crippen LogP contribution in [0.1, 0.15) is 31.1 Å². The van der Waals surface area contributed by atoms with E-state index in [2.05, 4.69) is 0 Å². The lowest BCUT2D eigenvalue weighted by Crippen LogP contribution is -2.21. The van der Waals surface area contributed by atoms with Crippen LogP contribution in [0.3, 0.4) is 0 Å². The van der Waals surface area contributed by atoms with E-state index in [0.29, 0.717) is 5.56 Å². The first-order valence-corrected chi connectivity index (χ1v) is 7.87. The fourth-order valence-electron chi connectivity index (χ4n) is 1.75. The van der Waals surface area contributed by atoms with Crippen molar-refractivity contribution in [3.63, 3.8) is 0 Å². The third-order valence-corrected chi connectivity index (χ3v) is 4.77. The molecule has 1 rings (SSSR count). The first-order chi connectivity index (χ1) is 8.94. The standard InChI is InChI=1S/C13H21O5P/c1-4-17-19(16,18-5-2)13(15)12(14)11-8-6-7-10(3)9-11/h6-9,12-15H,4-5H2,1-3H3/t12-,13-/m0/s1. The number of aliphatic hydroxyl groups excluding tert-OH is 2. The van der Waals surface area contributed by atoms with Crippen LogP contribution in [0, 0.1) is 6.92 Å². The van der Waals surface area contributed by atoms with Gasteiger partial charge in [-0.05, 0) is 26.3 Å². The van der Waals surface area contributed by atoms with E-state index in [-0.39, 0.29) is 13.2 Å². The second-order valence-electron chi connectivity index (χ2n) is 4.15. The van der Waals surface area contributed by atoms with Crippen molar-refractivity contribution in [2.75, 3.05) is 13.2 Å². The highest BCUT2D eigenvalue weighted by Gasteiger charge is 2.39. The van der Waals surface area contributed by atoms with Crippen molar-refractivity contribution < 1.29 is 23.8 Å². The van der Waals surface area contributed by atoms with Gasteiger partial charge in [0.05, 0.1) is 13.2 Å². The number of hydrogen-bond donors (Lipinski definition) is 2. The summed E-state index contributed by atoms with van der Waals surface area (Å²) in [6, 6.07) is 7.00. The number of aliphatic hydroxyl groups is 2. The third kappa shape index (κ3) is 4.13. The van der Waals surface area contributed by atoms with Crippen molar-refractivity contribution in [3.05, 3.63) is 35.4 Å². The Kier molecular flexibility index (Phi) is 6.17. The molecule has 0 bridgehead atoms. The van der Waals surface area contributed by atoms with Gasteiger partial charge in [0.2, 0.25) is 0 Å². The minimum absolute atomic E-state index is 0.134. The summed E-state index contributed by atoms with van der Waals surface area (Å²) < 4.78 is 22.4. The van der Waals surface area contributed by atoms with Crippen LogP contribution in [0.25, 0.3) is 0 Å². The maximum absolute atomic E-state index is 12.4. The molecule has 0 fully saturated rings. The summed E-state index contributed by atoms with van der Waals surface area (Å²) in [6.45, 7) is 5.44. The molecule has 0 aliphatic rings. The summed E-state index contributed by atoms with van der Waals surface area (Å²) in [5.74, 6) is -1.60. The van der Waals surface area contributed by atoms with E-state index >= 15 is 0 Å². The Morgan fingerprint density at radius 3 is 2.26 bits per heavy atom. The van der Waals surface area contributed by atoms with E-state index < -0.39 is 19.5 Å². The Morgan fingerprint density at radius 1 is 1.21 bits per heavy atom. The molecule has 0 saturated heterocycles. The minimum atomic E-state index is -3.74. The maximum Gasteiger partial charge on any atom is 0.361 e. The minimum Gasteiger partial charge on any atom is -0.385 e. The van der Waals surface area contributed by atoms with Gasteiger partial charge in [0, 0.05) is 0 Å². The van der Waals surface area contributed by atoms with Crippen LogP contribution in [0.2, 0.25) is 0 Å². The van der Waals surface area contributed by atoms with Gasteiger partial charge in [0.15, 0.2) is 5.85 Å². The number of benzene rings is 1. The molecule has 0 radical (unpaired) electrons. The molecule has 19 heavy (non-hydrogen) atoms. The van der Waals surface area contributed by atoms with Gasteiger partial charge in [-0.15, -0.1) is 0 Å². The zero-order chi connectivity index (χ0) is 14.5. The quantitative estimate of drug-likeness (QED) is 0.754. The van der Waals surface area contributed by atoms with Gasteiger partial charge in [0.25, 0.3) is 0 Å². The van der Waals surface area contributed by atoms with Crippen molar-refractivity contribution >= 4 is 7.60 Å². The monoisotopic (exact) mass is 288 g/mol. The highest BCUT2D eigenvalue weighted by molar-refractivity contribution is 7.54. The molecular weight excluding hydrogens is 267 g/mol. The van der Waals surface area contributed by atoms with Crippen LogP contribution < -0.4 is 0 Å². The fraction of sp³-hybridized carbons (Fsp3) is 0.538. The summed E-state index contributed by atoms with van der Waals surface area (Å²) >= 11 is 0. The summed E-state index contributed by atoms with van der Waals surface area (Å²) in [6.07, 6.45) is -1.32. The van der Waals surface area contributed by atoms with Gasteiger partial charge >= 0.3 is 7.60 Å². The predicted octanol–water partition coefficient (Wildman–Crippen LogP) is 2.61. The van der Waals surface area contributed by atoms with Crippen molar-refractivity contribution in [1.29, 1.82) is 0 Å². The first kappa shape index (κ1) is 16.3. The molecule has 0 amide bonds. The van der Waals surface area contributed by atoms with Crippen LogP contribution in [-0.4, -0.2) is 29.3 Å². The lowest BCUT2D eigenvalue weighted by molar-refractivity contribution is 0.0400. The normalized spacial score (nSPS) is 15.2. The van der Waals surface area contributed by atoms with Crippen molar-refractivity contribution in [3.8, 4) is 0 Å². The molecule has 0 saturated carbocycles. The van der Waals surface area contributed by atoms with Crippen molar-refractivity contribution in [1.82, 2.24) is 0 Å². The Labute approximate surface area is 113 Å². The molecule has 0 aromatic heterocycles. The van der Waals surface area contributed by atoms with E-state index in [0.717, 1.165) is 5.56 Å². The highest BCUT2D eigenvalue weighted by Crippen LogP contribution is 2.55. The van der Waals surface area contributed by atoms with Crippen molar-refractivity contribution in [2.24, 2.45) is 0 Å². The molecule has 1 aromatic carbocycles.